The van der Waals surface area contributed by atoms with Crippen LogP contribution in [0.5, 0.6) is 11.5 Å². The molecule has 0 spiro atoms. The number of carbonyl (C=O) groups excluding carboxylic acids is 2. The molecule has 35 heavy (non-hydrogen) atoms. The summed E-state index contributed by atoms with van der Waals surface area (Å²) in [6, 6.07) is 15.5. The zero-order valence-corrected chi connectivity index (χ0v) is 20.1. The Labute approximate surface area is 204 Å². The summed E-state index contributed by atoms with van der Waals surface area (Å²) >= 11 is 0. The number of para-hydroxylation sites is 1. The Hall–Kier alpha value is -3.81. The van der Waals surface area contributed by atoms with Crippen molar-refractivity contribution in [2.45, 2.75) is 33.2 Å². The average molecular weight is 475 g/mol. The monoisotopic (exact) mass is 474 g/mol. The van der Waals surface area contributed by atoms with Gasteiger partial charge in [0.2, 0.25) is 12.7 Å². The number of ether oxygens (including phenoxy) is 2. The van der Waals surface area contributed by atoms with E-state index in [-0.39, 0.29) is 30.4 Å². The van der Waals surface area contributed by atoms with Crippen molar-refractivity contribution in [3.05, 3.63) is 71.5 Å². The van der Waals surface area contributed by atoms with Crippen LogP contribution < -0.4 is 14.8 Å². The first-order valence-corrected chi connectivity index (χ1v) is 12.1. The standard InChI is InChI=1S/C27H30N4O4/c1-18(26(32)28-15-20-8-9-24-25(14-20)35-17-34-24)21-10-12-30(13-11-21)27(33)23-16-31(29-19(23)2)22-6-4-3-5-7-22/h3-9,14,16,18,21H,10-13,15,17H2,1-2H3,(H,28,32). The number of hydrogen-bond acceptors (Lipinski definition) is 5. The topological polar surface area (TPSA) is 85.7 Å². The van der Waals surface area contributed by atoms with Crippen LogP contribution in [0.25, 0.3) is 5.69 Å². The second-order valence-corrected chi connectivity index (χ2v) is 9.23. The molecule has 2 aromatic carbocycles. The van der Waals surface area contributed by atoms with Gasteiger partial charge < -0.3 is 19.7 Å². The highest BCUT2D eigenvalue weighted by Gasteiger charge is 2.31. The molecule has 1 saturated heterocycles. The Kier molecular flexibility index (Phi) is 6.44. The summed E-state index contributed by atoms with van der Waals surface area (Å²) in [4.78, 5) is 27.9. The summed E-state index contributed by atoms with van der Waals surface area (Å²) in [5.41, 5.74) is 3.25. The van der Waals surface area contributed by atoms with E-state index >= 15 is 0 Å². The summed E-state index contributed by atoms with van der Waals surface area (Å²) in [5.74, 6) is 1.60. The van der Waals surface area contributed by atoms with E-state index in [0.29, 0.717) is 30.9 Å². The summed E-state index contributed by atoms with van der Waals surface area (Å²) in [7, 11) is 0. The van der Waals surface area contributed by atoms with Gasteiger partial charge in [-0.2, -0.15) is 5.10 Å². The molecule has 2 amide bonds. The number of aromatic nitrogens is 2. The summed E-state index contributed by atoms with van der Waals surface area (Å²) in [6.45, 7) is 5.80. The van der Waals surface area contributed by atoms with Crippen molar-refractivity contribution in [3.63, 3.8) is 0 Å². The van der Waals surface area contributed by atoms with Crippen LogP contribution >= 0.6 is 0 Å². The Balaban J connectivity index is 1.14. The molecule has 1 unspecified atom stereocenters. The SMILES string of the molecule is Cc1nn(-c2ccccc2)cc1C(=O)N1CCC(C(C)C(=O)NCc2ccc3c(c2)OCO3)CC1. The first-order chi connectivity index (χ1) is 17.0. The van der Waals surface area contributed by atoms with Gasteiger partial charge in [-0.25, -0.2) is 4.68 Å². The predicted octanol–water partition coefficient (Wildman–Crippen LogP) is 3.71. The molecule has 1 N–H and O–H groups in total. The number of benzene rings is 2. The minimum Gasteiger partial charge on any atom is -0.454 e. The Morgan fingerprint density at radius 1 is 1.09 bits per heavy atom. The molecule has 0 aliphatic carbocycles. The van der Waals surface area contributed by atoms with Crippen molar-refractivity contribution in [3.8, 4) is 17.2 Å². The lowest BCUT2D eigenvalue weighted by Gasteiger charge is -2.34. The van der Waals surface area contributed by atoms with Crippen LogP contribution in [0.15, 0.2) is 54.7 Å². The molecule has 2 aliphatic heterocycles. The molecule has 0 radical (unpaired) electrons. The van der Waals surface area contributed by atoms with Gasteiger partial charge in [0.05, 0.1) is 16.9 Å². The van der Waals surface area contributed by atoms with E-state index in [1.807, 2.05) is 73.5 Å². The predicted molar refractivity (Wildman–Crippen MR) is 131 cm³/mol. The van der Waals surface area contributed by atoms with Crippen LogP contribution in [0, 0.1) is 18.8 Å². The lowest BCUT2D eigenvalue weighted by molar-refractivity contribution is -0.126. The average Bonchev–Trinajstić information content (AvgIpc) is 3.53. The molecule has 3 aromatic rings. The highest BCUT2D eigenvalue weighted by molar-refractivity contribution is 5.95. The molecule has 182 valence electrons. The van der Waals surface area contributed by atoms with Gasteiger partial charge in [0.1, 0.15) is 0 Å². The van der Waals surface area contributed by atoms with E-state index in [9.17, 15) is 9.59 Å². The maximum Gasteiger partial charge on any atom is 0.257 e. The van der Waals surface area contributed by atoms with Gasteiger partial charge in [-0.15, -0.1) is 0 Å². The number of rotatable bonds is 6. The zero-order chi connectivity index (χ0) is 24.4. The molecule has 1 atom stereocenters. The summed E-state index contributed by atoms with van der Waals surface area (Å²) in [5, 5.41) is 7.58. The first kappa shape index (κ1) is 23.0. The van der Waals surface area contributed by atoms with Crippen LogP contribution in [-0.4, -0.2) is 46.4 Å². The van der Waals surface area contributed by atoms with Crippen molar-refractivity contribution in [2.24, 2.45) is 11.8 Å². The number of fused-ring (bicyclic) bond motifs is 1. The molecule has 0 bridgehead atoms. The van der Waals surface area contributed by atoms with Crippen LogP contribution in [0.1, 0.15) is 41.4 Å². The van der Waals surface area contributed by atoms with Gasteiger partial charge >= 0.3 is 0 Å². The van der Waals surface area contributed by atoms with Gasteiger partial charge in [-0.1, -0.05) is 31.2 Å². The highest BCUT2D eigenvalue weighted by Crippen LogP contribution is 2.32. The van der Waals surface area contributed by atoms with Crippen molar-refractivity contribution in [1.82, 2.24) is 20.0 Å². The molecule has 5 rings (SSSR count). The Morgan fingerprint density at radius 2 is 1.83 bits per heavy atom. The quantitative estimate of drug-likeness (QED) is 0.589. The molecule has 0 saturated carbocycles. The highest BCUT2D eigenvalue weighted by atomic mass is 16.7. The number of likely N-dealkylation sites (tertiary alicyclic amines) is 1. The molecular formula is C27H30N4O4. The van der Waals surface area contributed by atoms with Crippen molar-refractivity contribution in [2.75, 3.05) is 19.9 Å². The number of carbonyl (C=O) groups is 2. The fraction of sp³-hybridized carbons (Fsp3) is 0.370. The summed E-state index contributed by atoms with van der Waals surface area (Å²) in [6.07, 6.45) is 3.41. The second-order valence-electron chi connectivity index (χ2n) is 9.23. The molecule has 1 fully saturated rings. The third kappa shape index (κ3) is 4.87. The normalized spacial score (nSPS) is 16.2. The fourth-order valence-electron chi connectivity index (χ4n) is 4.77. The molecule has 8 nitrogen and oxygen atoms in total. The lowest BCUT2D eigenvalue weighted by Crippen LogP contribution is -2.42. The number of aryl methyl sites for hydroxylation is 1. The first-order valence-electron chi connectivity index (χ1n) is 12.1. The molecule has 8 heteroatoms. The second kappa shape index (κ2) is 9.82. The number of amides is 2. The molecule has 2 aliphatic rings. The van der Waals surface area contributed by atoms with Gasteiger partial charge in [0.25, 0.3) is 5.91 Å². The van der Waals surface area contributed by atoms with Crippen molar-refractivity contribution >= 4 is 11.8 Å². The Bertz CT molecular complexity index is 1220. The maximum atomic E-state index is 13.2. The molecule has 1 aromatic heterocycles. The lowest BCUT2D eigenvalue weighted by atomic mass is 9.84. The third-order valence-corrected chi connectivity index (χ3v) is 7.00. The van der Waals surface area contributed by atoms with E-state index < -0.39 is 0 Å². The number of nitrogens with zero attached hydrogens (tertiary/aromatic N) is 3. The van der Waals surface area contributed by atoms with Crippen LogP contribution in [-0.2, 0) is 11.3 Å². The van der Waals surface area contributed by atoms with E-state index in [2.05, 4.69) is 10.4 Å². The van der Waals surface area contributed by atoms with Gasteiger partial charge in [0, 0.05) is 31.7 Å². The maximum absolute atomic E-state index is 13.2. The fourth-order valence-corrected chi connectivity index (χ4v) is 4.77. The molecular weight excluding hydrogens is 444 g/mol. The van der Waals surface area contributed by atoms with E-state index in [0.717, 1.165) is 35.5 Å². The number of nitrogens with one attached hydrogen (secondary N) is 1. The third-order valence-electron chi connectivity index (χ3n) is 7.00. The van der Waals surface area contributed by atoms with Crippen molar-refractivity contribution in [1.29, 1.82) is 0 Å². The summed E-state index contributed by atoms with van der Waals surface area (Å²) < 4.78 is 12.5. The van der Waals surface area contributed by atoms with Crippen LogP contribution in [0.3, 0.4) is 0 Å². The zero-order valence-electron chi connectivity index (χ0n) is 20.1. The van der Waals surface area contributed by atoms with Gasteiger partial charge in [-0.3, -0.25) is 9.59 Å². The Morgan fingerprint density at radius 3 is 2.60 bits per heavy atom. The minimum atomic E-state index is -0.121. The molecule has 3 heterocycles. The minimum absolute atomic E-state index is 0.00282. The largest absolute Gasteiger partial charge is 0.454 e. The van der Waals surface area contributed by atoms with Gasteiger partial charge in [-0.05, 0) is 55.5 Å². The van der Waals surface area contributed by atoms with Crippen LogP contribution in [0.4, 0.5) is 0 Å². The number of piperidine rings is 1. The van der Waals surface area contributed by atoms with Crippen molar-refractivity contribution < 1.29 is 19.1 Å². The smallest absolute Gasteiger partial charge is 0.257 e. The van der Waals surface area contributed by atoms with Gasteiger partial charge in [0.15, 0.2) is 11.5 Å². The number of hydrogen-bond donors (Lipinski definition) is 1. The van der Waals surface area contributed by atoms with Crippen LogP contribution in [0.2, 0.25) is 0 Å². The van der Waals surface area contributed by atoms with E-state index in [1.165, 1.54) is 0 Å². The van der Waals surface area contributed by atoms with E-state index in [1.54, 1.807) is 4.68 Å². The van der Waals surface area contributed by atoms with E-state index in [4.69, 9.17) is 9.47 Å².